The molecule has 0 spiro atoms. The molecule has 0 saturated heterocycles. The molecule has 11 nitrogen and oxygen atoms in total. The molecule has 4 aliphatic rings. The molecule has 43 heavy (non-hydrogen) atoms. The van der Waals surface area contributed by atoms with Crippen LogP contribution in [0.4, 0.5) is 0 Å². The third-order valence-electron chi connectivity index (χ3n) is 7.53. The smallest absolute Gasteiger partial charge is 0.390 e. The summed E-state index contributed by atoms with van der Waals surface area (Å²) in [6.07, 6.45) is -0.371. The quantitative estimate of drug-likeness (QED) is 0.121. The summed E-state index contributed by atoms with van der Waals surface area (Å²) in [4.78, 5) is 12.4. The van der Waals surface area contributed by atoms with Crippen LogP contribution in [-0.4, -0.2) is 110 Å². The van der Waals surface area contributed by atoms with Crippen molar-refractivity contribution in [1.29, 1.82) is 0 Å². The number of benzene rings is 2. The molecule has 0 aliphatic carbocycles. The van der Waals surface area contributed by atoms with Gasteiger partial charge in [0.1, 0.15) is 0 Å². The van der Waals surface area contributed by atoms with Gasteiger partial charge in [-0.1, -0.05) is 48.5 Å². The standard InChI is InChI=1S/C31H54N6O5Si/c1-40-43(39,41-2)21-3-20-42-31(38)26-37-18-16-35-24-29-8-4-27(5-9-29)22-33-14-12-32-13-15-34-23-28-6-10-30(11-7-28)25-36-17-19-37/h4-11,31-36,38-39H,3,12-26H2,1-2H3. The van der Waals surface area contributed by atoms with Gasteiger partial charge in [0, 0.05) is 112 Å². The summed E-state index contributed by atoms with van der Waals surface area (Å²) in [6.45, 7) is 10.9. The van der Waals surface area contributed by atoms with Gasteiger partial charge >= 0.3 is 8.80 Å². The molecule has 6 rings (SSSR count). The molecule has 1 unspecified atom stereocenters. The summed E-state index contributed by atoms with van der Waals surface area (Å²) in [5.41, 5.74) is 5.05. The fourth-order valence-electron chi connectivity index (χ4n) is 4.80. The minimum atomic E-state index is -3.12. The highest BCUT2D eigenvalue weighted by atomic mass is 28.4. The average Bonchev–Trinajstić information content (AvgIpc) is 3.03. The molecule has 242 valence electrons. The van der Waals surface area contributed by atoms with Crippen LogP contribution in [0.25, 0.3) is 0 Å². The Morgan fingerprint density at radius 3 is 1.49 bits per heavy atom. The second kappa shape index (κ2) is 21.0. The Bertz CT molecular complexity index is 922. The van der Waals surface area contributed by atoms with Crippen LogP contribution >= 0.6 is 0 Å². The maximum absolute atomic E-state index is 10.6. The number of nitrogens with zero attached hydrogens (tertiary/aromatic N) is 1. The number of nitrogens with one attached hydrogen (secondary N) is 5. The molecule has 2 aromatic carbocycles. The molecule has 0 fully saturated rings. The number of ether oxygens (including phenoxy) is 1. The molecule has 0 aromatic heterocycles. The molecule has 2 aromatic rings. The molecule has 0 saturated carbocycles. The summed E-state index contributed by atoms with van der Waals surface area (Å²) < 4.78 is 15.9. The first kappa shape index (κ1) is 35.7. The van der Waals surface area contributed by atoms with E-state index >= 15 is 0 Å². The van der Waals surface area contributed by atoms with E-state index in [0.29, 0.717) is 25.6 Å². The van der Waals surface area contributed by atoms with E-state index in [-0.39, 0.29) is 0 Å². The SMILES string of the molecule is CO[Si](O)(CCCOC(O)CN1CCNCc2ccc(cc2)CNCCNCCNCc2ccc(cc2)CNCC1)OC. The zero-order chi connectivity index (χ0) is 30.6. The van der Waals surface area contributed by atoms with Crippen molar-refractivity contribution in [2.24, 2.45) is 0 Å². The second-order valence-corrected chi connectivity index (χ2v) is 13.7. The highest BCUT2D eigenvalue weighted by molar-refractivity contribution is 6.59. The third kappa shape index (κ3) is 15.2. The first-order valence-corrected chi connectivity index (χ1v) is 17.5. The van der Waals surface area contributed by atoms with Crippen LogP contribution in [-0.2, 0) is 39.8 Å². The molecule has 4 heterocycles. The first-order chi connectivity index (χ1) is 21.0. The number of rotatable bonds is 9. The molecule has 0 radical (unpaired) electrons. The van der Waals surface area contributed by atoms with Gasteiger partial charge in [-0.2, -0.15) is 0 Å². The molecule has 7 N–H and O–H groups in total. The largest absolute Gasteiger partial charge is 0.497 e. The van der Waals surface area contributed by atoms with Crippen molar-refractivity contribution in [2.45, 2.75) is 44.9 Å². The van der Waals surface area contributed by atoms with E-state index in [0.717, 1.165) is 78.5 Å². The van der Waals surface area contributed by atoms with Crippen LogP contribution < -0.4 is 26.6 Å². The van der Waals surface area contributed by atoms with Crippen LogP contribution in [0, 0.1) is 0 Å². The Kier molecular flexibility index (Phi) is 17.5. The number of hydrogen-bond acceptors (Lipinski definition) is 11. The number of aliphatic hydroxyl groups is 1. The maximum atomic E-state index is 10.6. The van der Waals surface area contributed by atoms with Gasteiger partial charge in [-0.25, -0.2) is 0 Å². The van der Waals surface area contributed by atoms with E-state index in [9.17, 15) is 9.90 Å². The van der Waals surface area contributed by atoms with Gasteiger partial charge in [0.25, 0.3) is 0 Å². The molecule has 4 aliphatic heterocycles. The first-order valence-electron chi connectivity index (χ1n) is 15.5. The van der Waals surface area contributed by atoms with Gasteiger partial charge in [0.15, 0.2) is 6.29 Å². The monoisotopic (exact) mass is 618 g/mol. The summed E-state index contributed by atoms with van der Waals surface area (Å²) in [6, 6.07) is 17.9. The Morgan fingerprint density at radius 1 is 0.674 bits per heavy atom. The second-order valence-electron chi connectivity index (χ2n) is 10.9. The maximum Gasteiger partial charge on any atom is 0.497 e. The van der Waals surface area contributed by atoms with Crippen LogP contribution in [0.5, 0.6) is 0 Å². The van der Waals surface area contributed by atoms with Crippen molar-refractivity contribution in [3.63, 3.8) is 0 Å². The zero-order valence-electron chi connectivity index (χ0n) is 26.1. The Labute approximate surface area is 259 Å². The van der Waals surface area contributed by atoms with Gasteiger partial charge in [0.05, 0.1) is 0 Å². The van der Waals surface area contributed by atoms with E-state index in [1.165, 1.54) is 36.5 Å². The predicted molar refractivity (Wildman–Crippen MR) is 172 cm³/mol. The van der Waals surface area contributed by atoms with Gasteiger partial charge in [-0.05, 0) is 28.7 Å². The van der Waals surface area contributed by atoms with Crippen molar-refractivity contribution < 1.29 is 23.5 Å². The molecule has 4 bridgehead atoms. The zero-order valence-corrected chi connectivity index (χ0v) is 27.1. The predicted octanol–water partition coefficient (Wildman–Crippen LogP) is 0.600. The van der Waals surface area contributed by atoms with Crippen molar-refractivity contribution >= 4 is 8.80 Å². The lowest BCUT2D eigenvalue weighted by molar-refractivity contribution is -0.113. The summed E-state index contributed by atoms with van der Waals surface area (Å²) in [7, 11) is -0.214. The summed E-state index contributed by atoms with van der Waals surface area (Å²) in [5.74, 6) is 0. The highest BCUT2D eigenvalue weighted by Gasteiger charge is 2.33. The van der Waals surface area contributed by atoms with E-state index in [1.54, 1.807) is 0 Å². The number of hydrogen-bond donors (Lipinski definition) is 7. The van der Waals surface area contributed by atoms with Gasteiger partial charge in [-0.3, -0.25) is 4.90 Å². The molecule has 1 atom stereocenters. The summed E-state index contributed by atoms with van der Waals surface area (Å²) >= 11 is 0. The van der Waals surface area contributed by atoms with Crippen LogP contribution in [0.1, 0.15) is 28.7 Å². The molecular formula is C31H54N6O5Si. The van der Waals surface area contributed by atoms with E-state index < -0.39 is 15.1 Å². The van der Waals surface area contributed by atoms with Gasteiger partial charge in [0.2, 0.25) is 0 Å². The number of aliphatic hydroxyl groups excluding tert-OH is 1. The van der Waals surface area contributed by atoms with Crippen molar-refractivity contribution in [2.75, 3.05) is 79.7 Å². The highest BCUT2D eigenvalue weighted by Crippen LogP contribution is 2.11. The van der Waals surface area contributed by atoms with Crippen molar-refractivity contribution in [3.8, 4) is 0 Å². The minimum absolute atomic E-state index is 0.321. The Balaban J connectivity index is 1.51. The normalized spacial score (nSPS) is 18.5. The molecular weight excluding hydrogens is 564 g/mol. The van der Waals surface area contributed by atoms with E-state index in [1.807, 2.05) is 0 Å². The van der Waals surface area contributed by atoms with E-state index in [2.05, 4.69) is 80.0 Å². The van der Waals surface area contributed by atoms with Gasteiger partial charge in [-0.15, -0.1) is 0 Å². The van der Waals surface area contributed by atoms with Crippen molar-refractivity contribution in [3.05, 3.63) is 70.8 Å². The van der Waals surface area contributed by atoms with Crippen LogP contribution in [0.3, 0.4) is 0 Å². The topological polar surface area (TPSA) is 132 Å². The lowest BCUT2D eigenvalue weighted by Crippen LogP contribution is -2.42. The fourth-order valence-corrected chi connectivity index (χ4v) is 5.97. The van der Waals surface area contributed by atoms with Crippen molar-refractivity contribution in [1.82, 2.24) is 31.5 Å². The van der Waals surface area contributed by atoms with Gasteiger partial charge < -0.3 is 50.1 Å². The Hall–Kier alpha value is -1.78. The lowest BCUT2D eigenvalue weighted by Gasteiger charge is -2.26. The fraction of sp³-hybridized carbons (Fsp3) is 0.613. The third-order valence-corrected chi connectivity index (χ3v) is 9.79. The molecule has 0 amide bonds. The summed E-state index contributed by atoms with van der Waals surface area (Å²) in [5, 5.41) is 28.2. The average molecular weight is 619 g/mol. The van der Waals surface area contributed by atoms with Crippen LogP contribution in [0.15, 0.2) is 48.5 Å². The van der Waals surface area contributed by atoms with Crippen LogP contribution in [0.2, 0.25) is 6.04 Å². The Morgan fingerprint density at radius 2 is 1.07 bits per heavy atom. The molecule has 12 heteroatoms. The lowest BCUT2D eigenvalue weighted by atomic mass is 10.1. The van der Waals surface area contributed by atoms with E-state index in [4.69, 9.17) is 13.6 Å². The minimum Gasteiger partial charge on any atom is -0.390 e.